The van der Waals surface area contributed by atoms with E-state index in [2.05, 4.69) is 19.2 Å². The maximum atomic E-state index is 12.1. The lowest BCUT2D eigenvalue weighted by molar-refractivity contribution is 0.0250. The first kappa shape index (κ1) is 18.2. The number of hydrogen-bond donors (Lipinski definition) is 1. The van der Waals surface area contributed by atoms with Crippen molar-refractivity contribution in [3.8, 4) is 0 Å². The number of carbonyl (C=O) groups is 1. The number of nitrogens with one attached hydrogen (secondary N) is 1. The van der Waals surface area contributed by atoms with Gasteiger partial charge >= 0.3 is 6.09 Å². The van der Waals surface area contributed by atoms with Crippen molar-refractivity contribution in [2.24, 2.45) is 5.92 Å². The second-order valence-corrected chi connectivity index (χ2v) is 6.83. The number of ether oxygens (including phenoxy) is 2. The molecule has 21 heavy (non-hydrogen) atoms. The summed E-state index contributed by atoms with van der Waals surface area (Å²) in [6, 6.07) is 0.426. The van der Waals surface area contributed by atoms with Crippen LogP contribution in [0.4, 0.5) is 4.79 Å². The number of carbonyl (C=O) groups excluding carboxylic acids is 1. The van der Waals surface area contributed by atoms with Gasteiger partial charge in [-0.05, 0) is 46.5 Å². The summed E-state index contributed by atoms with van der Waals surface area (Å²) >= 11 is 0. The molecule has 0 bridgehead atoms. The molecule has 1 aliphatic rings. The smallest absolute Gasteiger partial charge is 0.410 e. The van der Waals surface area contributed by atoms with Crippen LogP contribution in [0.15, 0.2) is 0 Å². The lowest BCUT2D eigenvalue weighted by Crippen LogP contribution is -2.43. The van der Waals surface area contributed by atoms with Crippen molar-refractivity contribution in [3.63, 3.8) is 0 Å². The summed E-state index contributed by atoms with van der Waals surface area (Å²) in [5.74, 6) is 0.589. The van der Waals surface area contributed by atoms with Crippen LogP contribution in [-0.2, 0) is 9.47 Å². The Labute approximate surface area is 129 Å². The molecule has 0 saturated carbocycles. The molecule has 0 radical (unpaired) electrons. The van der Waals surface area contributed by atoms with Gasteiger partial charge in [-0.2, -0.15) is 0 Å². The molecule has 0 aliphatic carbocycles. The average Bonchev–Trinajstić information content (AvgIpc) is 2.89. The molecule has 0 aromatic rings. The van der Waals surface area contributed by atoms with Gasteiger partial charge in [0.2, 0.25) is 0 Å². The van der Waals surface area contributed by atoms with Gasteiger partial charge in [-0.1, -0.05) is 6.92 Å². The molecule has 1 amide bonds. The molecule has 1 rings (SSSR count). The predicted octanol–water partition coefficient (Wildman–Crippen LogP) is 2.65. The van der Waals surface area contributed by atoms with Gasteiger partial charge in [-0.3, -0.25) is 0 Å². The Morgan fingerprint density at radius 3 is 2.67 bits per heavy atom. The van der Waals surface area contributed by atoms with Crippen molar-refractivity contribution in [3.05, 3.63) is 0 Å². The van der Waals surface area contributed by atoms with E-state index in [1.165, 1.54) is 0 Å². The van der Waals surface area contributed by atoms with Gasteiger partial charge in [-0.15, -0.1) is 0 Å². The monoisotopic (exact) mass is 300 g/mol. The van der Waals surface area contributed by atoms with Crippen LogP contribution in [0.2, 0.25) is 0 Å². The Morgan fingerprint density at radius 1 is 1.43 bits per heavy atom. The number of amides is 1. The summed E-state index contributed by atoms with van der Waals surface area (Å²) in [5, 5.41) is 3.50. The van der Waals surface area contributed by atoms with E-state index in [1.807, 2.05) is 20.8 Å². The number of rotatable bonds is 7. The van der Waals surface area contributed by atoms with Crippen LogP contribution in [0.3, 0.4) is 0 Å². The molecule has 0 aromatic carbocycles. The standard InChI is InChI=1S/C16H32N2O3/c1-6-9-18(15(19)21-16(3,4)5)10-8-17-13(2)14-7-11-20-12-14/h13-14,17H,6-12H2,1-5H3. The van der Waals surface area contributed by atoms with Crippen LogP contribution in [-0.4, -0.2) is 55.5 Å². The minimum atomic E-state index is -0.440. The van der Waals surface area contributed by atoms with Gasteiger partial charge in [0, 0.05) is 32.3 Å². The molecule has 1 fully saturated rings. The minimum Gasteiger partial charge on any atom is -0.444 e. The van der Waals surface area contributed by atoms with E-state index in [9.17, 15) is 4.79 Å². The zero-order chi connectivity index (χ0) is 15.9. The summed E-state index contributed by atoms with van der Waals surface area (Å²) in [7, 11) is 0. The Morgan fingerprint density at radius 2 is 2.14 bits per heavy atom. The molecule has 0 spiro atoms. The fourth-order valence-electron chi connectivity index (χ4n) is 2.43. The fraction of sp³-hybridized carbons (Fsp3) is 0.938. The molecule has 1 aliphatic heterocycles. The van der Waals surface area contributed by atoms with Crippen LogP contribution in [0.1, 0.15) is 47.5 Å². The summed E-state index contributed by atoms with van der Waals surface area (Å²) < 4.78 is 10.9. The zero-order valence-electron chi connectivity index (χ0n) is 14.3. The van der Waals surface area contributed by atoms with Crippen LogP contribution in [0.25, 0.3) is 0 Å². The summed E-state index contributed by atoms with van der Waals surface area (Å²) in [4.78, 5) is 13.9. The van der Waals surface area contributed by atoms with Crippen molar-refractivity contribution in [2.75, 3.05) is 32.8 Å². The van der Waals surface area contributed by atoms with Gasteiger partial charge in [0.25, 0.3) is 0 Å². The highest BCUT2D eigenvalue weighted by molar-refractivity contribution is 5.68. The number of nitrogens with zero attached hydrogens (tertiary/aromatic N) is 1. The van der Waals surface area contributed by atoms with E-state index in [-0.39, 0.29) is 6.09 Å². The second kappa shape index (κ2) is 8.59. The first-order valence-corrected chi connectivity index (χ1v) is 8.12. The summed E-state index contributed by atoms with van der Waals surface area (Å²) in [6.45, 7) is 13.9. The van der Waals surface area contributed by atoms with E-state index in [0.29, 0.717) is 18.5 Å². The first-order valence-electron chi connectivity index (χ1n) is 8.12. The SMILES string of the molecule is CCCN(CCNC(C)C1CCOC1)C(=O)OC(C)(C)C. The molecule has 1 N–H and O–H groups in total. The van der Waals surface area contributed by atoms with Crippen LogP contribution >= 0.6 is 0 Å². The summed E-state index contributed by atoms with van der Waals surface area (Å²) in [6.07, 6.45) is 1.84. The zero-order valence-corrected chi connectivity index (χ0v) is 14.3. The average molecular weight is 300 g/mol. The van der Waals surface area contributed by atoms with Crippen molar-refractivity contribution < 1.29 is 14.3 Å². The molecule has 0 aromatic heterocycles. The van der Waals surface area contributed by atoms with E-state index in [4.69, 9.17) is 9.47 Å². The van der Waals surface area contributed by atoms with Crippen LogP contribution in [0, 0.1) is 5.92 Å². The highest BCUT2D eigenvalue weighted by Crippen LogP contribution is 2.16. The Kier molecular flexibility index (Phi) is 7.46. The van der Waals surface area contributed by atoms with E-state index < -0.39 is 5.60 Å². The van der Waals surface area contributed by atoms with Gasteiger partial charge in [0.15, 0.2) is 0 Å². The molecule has 5 nitrogen and oxygen atoms in total. The lowest BCUT2D eigenvalue weighted by atomic mass is 10.0. The molecule has 2 unspecified atom stereocenters. The molecular weight excluding hydrogens is 268 g/mol. The highest BCUT2D eigenvalue weighted by Gasteiger charge is 2.23. The fourth-order valence-corrected chi connectivity index (χ4v) is 2.43. The highest BCUT2D eigenvalue weighted by atomic mass is 16.6. The van der Waals surface area contributed by atoms with Crippen molar-refractivity contribution in [2.45, 2.75) is 59.1 Å². The lowest BCUT2D eigenvalue weighted by Gasteiger charge is -2.28. The third-order valence-electron chi connectivity index (χ3n) is 3.67. The first-order chi connectivity index (χ1) is 9.83. The molecule has 5 heteroatoms. The van der Waals surface area contributed by atoms with E-state index in [0.717, 1.165) is 39.1 Å². The largest absolute Gasteiger partial charge is 0.444 e. The molecule has 1 saturated heterocycles. The summed E-state index contributed by atoms with van der Waals surface area (Å²) in [5.41, 5.74) is -0.440. The van der Waals surface area contributed by atoms with Crippen molar-refractivity contribution in [1.82, 2.24) is 10.2 Å². The van der Waals surface area contributed by atoms with Gasteiger partial charge < -0.3 is 19.7 Å². The van der Waals surface area contributed by atoms with Crippen molar-refractivity contribution >= 4 is 6.09 Å². The van der Waals surface area contributed by atoms with Crippen LogP contribution in [0.5, 0.6) is 0 Å². The molecular formula is C16H32N2O3. The molecule has 1 heterocycles. The van der Waals surface area contributed by atoms with Gasteiger partial charge in [0.05, 0.1) is 6.61 Å². The maximum Gasteiger partial charge on any atom is 0.410 e. The molecule has 2 atom stereocenters. The topological polar surface area (TPSA) is 50.8 Å². The Balaban J connectivity index is 2.34. The Hall–Kier alpha value is -0.810. The third kappa shape index (κ3) is 7.14. The van der Waals surface area contributed by atoms with Gasteiger partial charge in [0.1, 0.15) is 5.60 Å². The second-order valence-electron chi connectivity index (χ2n) is 6.83. The van der Waals surface area contributed by atoms with E-state index in [1.54, 1.807) is 4.90 Å². The maximum absolute atomic E-state index is 12.1. The quantitative estimate of drug-likeness (QED) is 0.785. The van der Waals surface area contributed by atoms with Crippen molar-refractivity contribution in [1.29, 1.82) is 0 Å². The predicted molar refractivity (Wildman–Crippen MR) is 84.5 cm³/mol. The van der Waals surface area contributed by atoms with Gasteiger partial charge in [-0.25, -0.2) is 4.79 Å². The minimum absolute atomic E-state index is 0.219. The third-order valence-corrected chi connectivity index (χ3v) is 3.67. The normalized spacial score (nSPS) is 20.3. The number of hydrogen-bond acceptors (Lipinski definition) is 4. The van der Waals surface area contributed by atoms with Crippen LogP contribution < -0.4 is 5.32 Å². The van der Waals surface area contributed by atoms with E-state index >= 15 is 0 Å². The molecule has 124 valence electrons. The Bertz CT molecular complexity index is 309.